The lowest BCUT2D eigenvalue weighted by molar-refractivity contribution is -0.164. The molecule has 0 aromatic carbocycles. The van der Waals surface area contributed by atoms with Gasteiger partial charge >= 0.3 is 6.09 Å². The predicted molar refractivity (Wildman–Crippen MR) is 88.5 cm³/mol. The number of carbonyl (C=O) groups is 1. The van der Waals surface area contributed by atoms with Crippen LogP contribution in [0.1, 0.15) is 46.0 Å². The standard InChI is InChI=1S/C16H33NO7/c1-4-6-7-8-9-24-15(22)17(3)11-16(23,5-2)14(21)13(20)12(19)10-18/h12-14,18-21,23H,4-11H2,1-3H3/t12-,13-,14+,16+/m1/s1. The van der Waals surface area contributed by atoms with E-state index in [9.17, 15) is 25.2 Å². The molecule has 4 atom stereocenters. The number of nitrogens with zero attached hydrogens (tertiary/aromatic N) is 1. The Bertz CT molecular complexity index is 355. The molecule has 24 heavy (non-hydrogen) atoms. The molecule has 0 unspecified atom stereocenters. The number of likely N-dealkylation sites (N-methyl/N-ethyl adjacent to an activating group) is 1. The molecule has 0 radical (unpaired) electrons. The number of amides is 1. The van der Waals surface area contributed by atoms with Crippen LogP contribution < -0.4 is 0 Å². The van der Waals surface area contributed by atoms with Gasteiger partial charge in [0, 0.05) is 7.05 Å². The van der Waals surface area contributed by atoms with Crippen molar-refractivity contribution in [3.8, 4) is 0 Å². The van der Waals surface area contributed by atoms with Crippen LogP contribution in [0.5, 0.6) is 0 Å². The van der Waals surface area contributed by atoms with Gasteiger partial charge in [0.25, 0.3) is 0 Å². The molecule has 0 saturated carbocycles. The topological polar surface area (TPSA) is 131 Å². The van der Waals surface area contributed by atoms with E-state index in [0.717, 1.165) is 30.6 Å². The Balaban J connectivity index is 4.58. The van der Waals surface area contributed by atoms with Crippen LogP contribution in [0.4, 0.5) is 4.79 Å². The Morgan fingerprint density at radius 2 is 1.79 bits per heavy atom. The summed E-state index contributed by atoms with van der Waals surface area (Å²) in [4.78, 5) is 13.0. The zero-order valence-electron chi connectivity index (χ0n) is 14.9. The highest BCUT2D eigenvalue weighted by Crippen LogP contribution is 2.21. The number of unbranched alkanes of at least 4 members (excludes halogenated alkanes) is 3. The van der Waals surface area contributed by atoms with E-state index in [-0.39, 0.29) is 19.6 Å². The van der Waals surface area contributed by atoms with E-state index in [1.54, 1.807) is 6.92 Å². The quantitative estimate of drug-likeness (QED) is 0.309. The molecule has 0 aliphatic rings. The summed E-state index contributed by atoms with van der Waals surface area (Å²) < 4.78 is 5.09. The third-order valence-electron chi connectivity index (χ3n) is 4.11. The van der Waals surface area contributed by atoms with Gasteiger partial charge in [-0.15, -0.1) is 0 Å². The molecule has 1 amide bonds. The smallest absolute Gasteiger partial charge is 0.409 e. The summed E-state index contributed by atoms with van der Waals surface area (Å²) in [6.45, 7) is 2.90. The van der Waals surface area contributed by atoms with Crippen LogP contribution in [-0.4, -0.2) is 87.2 Å². The predicted octanol–water partition coefficient (Wildman–Crippen LogP) is -0.149. The number of hydrogen-bond donors (Lipinski definition) is 5. The fourth-order valence-electron chi connectivity index (χ4n) is 2.32. The molecule has 0 aliphatic heterocycles. The van der Waals surface area contributed by atoms with E-state index >= 15 is 0 Å². The van der Waals surface area contributed by atoms with Crippen molar-refractivity contribution >= 4 is 6.09 Å². The van der Waals surface area contributed by atoms with E-state index in [1.807, 2.05) is 0 Å². The minimum absolute atomic E-state index is 0.0253. The lowest BCUT2D eigenvalue weighted by Crippen LogP contribution is -2.58. The second-order valence-corrected chi connectivity index (χ2v) is 6.17. The summed E-state index contributed by atoms with van der Waals surface area (Å²) in [5, 5.41) is 48.6. The number of ether oxygens (including phenoxy) is 1. The van der Waals surface area contributed by atoms with Gasteiger partial charge in [0.15, 0.2) is 0 Å². The van der Waals surface area contributed by atoms with Crippen LogP contribution in [0, 0.1) is 0 Å². The minimum Gasteiger partial charge on any atom is -0.449 e. The van der Waals surface area contributed by atoms with Gasteiger partial charge in [-0.3, -0.25) is 0 Å². The monoisotopic (exact) mass is 351 g/mol. The van der Waals surface area contributed by atoms with Crippen molar-refractivity contribution in [1.82, 2.24) is 4.90 Å². The highest BCUT2D eigenvalue weighted by atomic mass is 16.6. The van der Waals surface area contributed by atoms with Crippen molar-refractivity contribution in [2.45, 2.75) is 69.9 Å². The van der Waals surface area contributed by atoms with Gasteiger partial charge in [0.1, 0.15) is 23.9 Å². The van der Waals surface area contributed by atoms with Crippen molar-refractivity contribution in [2.24, 2.45) is 0 Å². The van der Waals surface area contributed by atoms with E-state index in [2.05, 4.69) is 6.92 Å². The molecular formula is C16H33NO7. The average Bonchev–Trinajstić information content (AvgIpc) is 2.58. The number of aliphatic hydroxyl groups is 5. The van der Waals surface area contributed by atoms with Crippen molar-refractivity contribution in [2.75, 3.05) is 26.8 Å². The van der Waals surface area contributed by atoms with E-state index < -0.39 is 36.6 Å². The number of hydrogen-bond acceptors (Lipinski definition) is 7. The Labute approximate surface area is 143 Å². The molecule has 0 heterocycles. The van der Waals surface area contributed by atoms with Gasteiger partial charge in [-0.2, -0.15) is 0 Å². The van der Waals surface area contributed by atoms with E-state index in [0.29, 0.717) is 0 Å². The van der Waals surface area contributed by atoms with E-state index in [4.69, 9.17) is 9.84 Å². The molecule has 0 fully saturated rings. The zero-order valence-corrected chi connectivity index (χ0v) is 14.9. The molecule has 8 nitrogen and oxygen atoms in total. The first-order valence-corrected chi connectivity index (χ1v) is 8.48. The van der Waals surface area contributed by atoms with E-state index in [1.165, 1.54) is 7.05 Å². The lowest BCUT2D eigenvalue weighted by Gasteiger charge is -2.38. The Hall–Kier alpha value is -0.930. The normalized spacial score (nSPS) is 17.7. The van der Waals surface area contributed by atoms with Crippen molar-refractivity contribution in [3.63, 3.8) is 0 Å². The number of rotatable bonds is 12. The fourth-order valence-corrected chi connectivity index (χ4v) is 2.32. The molecule has 0 rings (SSSR count). The first-order valence-electron chi connectivity index (χ1n) is 8.48. The van der Waals surface area contributed by atoms with Crippen molar-refractivity contribution in [3.05, 3.63) is 0 Å². The Kier molecular flexibility index (Phi) is 11.1. The van der Waals surface area contributed by atoms with Crippen LogP contribution in [0.25, 0.3) is 0 Å². The second-order valence-electron chi connectivity index (χ2n) is 6.17. The Morgan fingerprint density at radius 3 is 2.29 bits per heavy atom. The minimum atomic E-state index is -1.84. The molecular weight excluding hydrogens is 318 g/mol. The first kappa shape index (κ1) is 23.1. The third-order valence-corrected chi connectivity index (χ3v) is 4.11. The molecule has 8 heteroatoms. The van der Waals surface area contributed by atoms with Gasteiger partial charge in [0.2, 0.25) is 0 Å². The summed E-state index contributed by atoms with van der Waals surface area (Å²) >= 11 is 0. The molecule has 0 aliphatic carbocycles. The molecule has 0 bridgehead atoms. The SMILES string of the molecule is CCCCCCOC(=O)N(C)C[C@@](O)(CC)[C@@H](O)[C@H](O)[C@H](O)CO. The molecule has 0 aromatic heterocycles. The Morgan fingerprint density at radius 1 is 1.17 bits per heavy atom. The maximum absolute atomic E-state index is 11.9. The highest BCUT2D eigenvalue weighted by molar-refractivity contribution is 5.67. The molecule has 0 spiro atoms. The summed E-state index contributed by atoms with van der Waals surface area (Å²) in [5.41, 5.74) is -1.84. The van der Waals surface area contributed by atoms with Gasteiger partial charge in [-0.1, -0.05) is 33.1 Å². The largest absolute Gasteiger partial charge is 0.449 e. The maximum Gasteiger partial charge on any atom is 0.409 e. The van der Waals surface area contributed by atoms with Gasteiger partial charge in [-0.25, -0.2) is 4.79 Å². The zero-order chi connectivity index (χ0) is 18.8. The van der Waals surface area contributed by atoms with Crippen LogP contribution in [0.15, 0.2) is 0 Å². The molecule has 5 N–H and O–H groups in total. The maximum atomic E-state index is 11.9. The van der Waals surface area contributed by atoms with Crippen molar-refractivity contribution < 1.29 is 35.1 Å². The lowest BCUT2D eigenvalue weighted by atomic mass is 9.87. The van der Waals surface area contributed by atoms with Crippen LogP contribution >= 0.6 is 0 Å². The molecule has 144 valence electrons. The van der Waals surface area contributed by atoms with Gasteiger partial charge in [0.05, 0.1) is 19.8 Å². The number of aliphatic hydroxyl groups excluding tert-OH is 4. The summed E-state index contributed by atoms with van der Waals surface area (Å²) in [5.74, 6) is 0. The first-order chi connectivity index (χ1) is 11.2. The van der Waals surface area contributed by atoms with Gasteiger partial charge in [-0.05, 0) is 12.8 Å². The summed E-state index contributed by atoms with van der Waals surface area (Å²) in [6, 6.07) is 0. The molecule has 0 saturated heterocycles. The van der Waals surface area contributed by atoms with Gasteiger partial charge < -0.3 is 35.2 Å². The van der Waals surface area contributed by atoms with Crippen LogP contribution in [-0.2, 0) is 4.74 Å². The average molecular weight is 351 g/mol. The van der Waals surface area contributed by atoms with Crippen molar-refractivity contribution in [1.29, 1.82) is 0 Å². The van der Waals surface area contributed by atoms with Crippen LogP contribution in [0.2, 0.25) is 0 Å². The molecule has 0 aromatic rings. The summed E-state index contributed by atoms with van der Waals surface area (Å²) in [7, 11) is 1.41. The van der Waals surface area contributed by atoms with Crippen LogP contribution in [0.3, 0.4) is 0 Å². The number of carbonyl (C=O) groups excluding carboxylic acids is 1. The highest BCUT2D eigenvalue weighted by Gasteiger charge is 2.42. The summed E-state index contributed by atoms with van der Waals surface area (Å²) in [6.07, 6.45) is -1.79. The second kappa shape index (κ2) is 11.6. The third kappa shape index (κ3) is 7.31. The fraction of sp³-hybridized carbons (Fsp3) is 0.938.